The Morgan fingerprint density at radius 2 is 1.86 bits per heavy atom. The number of aryl methyl sites for hydroxylation is 1. The van der Waals surface area contributed by atoms with Gasteiger partial charge in [0.2, 0.25) is 0 Å². The molecule has 2 heteroatoms. The van der Waals surface area contributed by atoms with E-state index in [9.17, 15) is 0 Å². The van der Waals surface area contributed by atoms with Gasteiger partial charge in [-0.1, -0.05) is 43.3 Å². The summed E-state index contributed by atoms with van der Waals surface area (Å²) in [4.78, 5) is 4.66. The first-order valence-corrected chi connectivity index (χ1v) is 7.16. The Morgan fingerprint density at radius 3 is 2.73 bits per heavy atom. The van der Waals surface area contributed by atoms with Crippen LogP contribution in [0.2, 0.25) is 0 Å². The van der Waals surface area contributed by atoms with Crippen molar-refractivity contribution >= 4 is 17.0 Å². The van der Waals surface area contributed by atoms with E-state index in [1.807, 2.05) is 24.4 Å². The van der Waals surface area contributed by atoms with E-state index in [0.717, 1.165) is 5.70 Å². The molecule has 113 valence electrons. The number of hydrogen-bond acceptors (Lipinski definition) is 1. The molecule has 1 aliphatic carbocycles. The molecule has 3 rings (SSSR count). The van der Waals surface area contributed by atoms with Gasteiger partial charge in [0.05, 0.1) is 0 Å². The largest absolute Gasteiger partial charge is 0.320 e. The quantitative estimate of drug-likeness (QED) is 0.532. The third kappa shape index (κ3) is 3.59. The van der Waals surface area contributed by atoms with Gasteiger partial charge in [-0.3, -0.25) is 0 Å². The number of hydrogen-bond donors (Lipinski definition) is 0. The Labute approximate surface area is 142 Å². The van der Waals surface area contributed by atoms with Gasteiger partial charge in [-0.2, -0.15) is 18.1 Å². The Bertz CT molecular complexity index is 781. The third-order valence-electron chi connectivity index (χ3n) is 3.64. The third-order valence-corrected chi connectivity index (χ3v) is 3.64. The summed E-state index contributed by atoms with van der Waals surface area (Å²) in [6.45, 7) is 4.21. The van der Waals surface area contributed by atoms with E-state index >= 15 is 0 Å². The van der Waals surface area contributed by atoms with Crippen LogP contribution in [0.25, 0.3) is 10.8 Å². The summed E-state index contributed by atoms with van der Waals surface area (Å²) < 4.78 is 0. The molecular formula is C20H18CoN-. The molecule has 0 fully saturated rings. The fourth-order valence-electron chi connectivity index (χ4n) is 2.49. The molecule has 1 nitrogen and oxygen atoms in total. The summed E-state index contributed by atoms with van der Waals surface area (Å²) in [6, 6.07) is 12.7. The average molecular weight is 331 g/mol. The number of nitrogens with zero attached hydrogens (tertiary/aromatic N) is 1. The number of benzene rings is 2. The smallest absolute Gasteiger partial charge is 0.0206 e. The molecule has 0 saturated carbocycles. The molecule has 0 atom stereocenters. The molecule has 0 heterocycles. The Morgan fingerprint density at radius 1 is 1.05 bits per heavy atom. The molecular weight excluding hydrogens is 313 g/mol. The van der Waals surface area contributed by atoms with Crippen molar-refractivity contribution in [3.8, 4) is 0 Å². The van der Waals surface area contributed by atoms with Crippen LogP contribution in [0.15, 0.2) is 77.5 Å². The van der Waals surface area contributed by atoms with Gasteiger partial charge in [0.1, 0.15) is 0 Å². The van der Waals surface area contributed by atoms with Crippen LogP contribution in [-0.4, -0.2) is 6.21 Å². The number of aliphatic imine (C=N–C) groups is 1. The second-order valence-corrected chi connectivity index (χ2v) is 5.31. The Kier molecular flexibility index (Phi) is 5.42. The van der Waals surface area contributed by atoms with Gasteiger partial charge in [-0.05, 0) is 29.0 Å². The van der Waals surface area contributed by atoms with Crippen molar-refractivity contribution in [3.05, 3.63) is 89.5 Å². The number of fused-ring (bicyclic) bond motifs is 1. The topological polar surface area (TPSA) is 12.4 Å². The van der Waals surface area contributed by atoms with Crippen molar-refractivity contribution in [2.24, 2.45) is 4.99 Å². The van der Waals surface area contributed by atoms with Crippen molar-refractivity contribution in [2.75, 3.05) is 0 Å². The summed E-state index contributed by atoms with van der Waals surface area (Å²) in [5, 5.41) is 2.50. The van der Waals surface area contributed by atoms with Crippen LogP contribution in [0, 0.1) is 12.8 Å². The maximum atomic E-state index is 4.66. The molecule has 0 aliphatic heterocycles. The van der Waals surface area contributed by atoms with Gasteiger partial charge < -0.3 is 4.99 Å². The molecule has 1 aliphatic rings. The first-order chi connectivity index (χ1) is 10.2. The number of allylic oxidation sites excluding steroid dienone is 5. The monoisotopic (exact) mass is 331 g/mol. The predicted molar refractivity (Wildman–Crippen MR) is 91.6 cm³/mol. The van der Waals surface area contributed by atoms with Gasteiger partial charge in [0.25, 0.3) is 0 Å². The summed E-state index contributed by atoms with van der Waals surface area (Å²) >= 11 is 0. The normalized spacial score (nSPS) is 14.1. The first-order valence-electron chi connectivity index (χ1n) is 7.16. The minimum absolute atomic E-state index is 0. The maximum absolute atomic E-state index is 4.66. The average Bonchev–Trinajstić information content (AvgIpc) is 2.70. The second-order valence-electron chi connectivity index (χ2n) is 5.31. The molecule has 22 heavy (non-hydrogen) atoms. The van der Waals surface area contributed by atoms with E-state index in [2.05, 4.69) is 67.4 Å². The molecule has 2 aromatic carbocycles. The van der Waals surface area contributed by atoms with Crippen molar-refractivity contribution in [3.63, 3.8) is 0 Å². The van der Waals surface area contributed by atoms with Gasteiger partial charge >= 0.3 is 0 Å². The predicted octanol–water partition coefficient (Wildman–Crippen LogP) is 5.17. The molecule has 0 amide bonds. The van der Waals surface area contributed by atoms with Crippen LogP contribution in [0.1, 0.15) is 18.1 Å². The van der Waals surface area contributed by atoms with E-state index in [-0.39, 0.29) is 16.8 Å². The van der Waals surface area contributed by atoms with E-state index in [1.54, 1.807) is 0 Å². The van der Waals surface area contributed by atoms with Crippen molar-refractivity contribution in [2.45, 2.75) is 13.8 Å². The zero-order chi connectivity index (χ0) is 14.7. The van der Waals surface area contributed by atoms with Crippen molar-refractivity contribution in [1.82, 2.24) is 0 Å². The van der Waals surface area contributed by atoms with Crippen molar-refractivity contribution < 1.29 is 16.8 Å². The van der Waals surface area contributed by atoms with Crippen LogP contribution in [0.4, 0.5) is 0 Å². The van der Waals surface area contributed by atoms with Gasteiger partial charge in [0, 0.05) is 28.6 Å². The Hall–Kier alpha value is -2.03. The zero-order valence-corrected chi connectivity index (χ0v) is 13.7. The summed E-state index contributed by atoms with van der Waals surface area (Å²) in [5.41, 5.74) is 3.41. The fraction of sp³-hybridized carbons (Fsp3) is 0.100. The van der Waals surface area contributed by atoms with Crippen LogP contribution < -0.4 is 0 Å². The molecule has 0 bridgehead atoms. The van der Waals surface area contributed by atoms with E-state index < -0.39 is 0 Å². The van der Waals surface area contributed by atoms with E-state index in [4.69, 9.17) is 0 Å². The summed E-state index contributed by atoms with van der Waals surface area (Å²) in [5.74, 6) is 1.21. The first kappa shape index (κ1) is 16.3. The van der Waals surface area contributed by atoms with Crippen LogP contribution in [-0.2, 0) is 16.8 Å². The Balaban J connectivity index is 0.00000176. The van der Waals surface area contributed by atoms with Crippen LogP contribution in [0.5, 0.6) is 0 Å². The second kappa shape index (κ2) is 7.30. The number of rotatable bonds is 2. The summed E-state index contributed by atoms with van der Waals surface area (Å²) in [7, 11) is 0. The SMILES string of the molecule is Cc1ccc2ccccc2c1C=NC1=C[C-](C)C=CC=C1.[Co]. The van der Waals surface area contributed by atoms with Gasteiger partial charge in [0.15, 0.2) is 0 Å². The molecule has 0 saturated heterocycles. The molecule has 0 aromatic heterocycles. The maximum Gasteiger partial charge on any atom is 0.0206 e. The fourth-order valence-corrected chi connectivity index (χ4v) is 2.49. The van der Waals surface area contributed by atoms with E-state index in [1.165, 1.54) is 27.8 Å². The molecule has 0 spiro atoms. The molecule has 2 aromatic rings. The molecule has 1 radical (unpaired) electrons. The van der Waals surface area contributed by atoms with Crippen LogP contribution in [0.3, 0.4) is 0 Å². The summed E-state index contributed by atoms with van der Waals surface area (Å²) in [6.07, 6.45) is 12.3. The van der Waals surface area contributed by atoms with E-state index in [0.29, 0.717) is 0 Å². The standard InChI is InChI=1S/C20H18N.Co/c1-15-7-3-5-9-18(13-15)21-14-20-16(2)11-12-17-8-4-6-10-19(17)20;/h3-14H,1-2H3;/q-1;. The minimum Gasteiger partial charge on any atom is -0.320 e. The van der Waals surface area contributed by atoms with Crippen molar-refractivity contribution in [1.29, 1.82) is 0 Å². The van der Waals surface area contributed by atoms with Gasteiger partial charge in [-0.25, -0.2) is 0 Å². The minimum atomic E-state index is 0. The zero-order valence-electron chi connectivity index (χ0n) is 12.7. The van der Waals surface area contributed by atoms with Gasteiger partial charge in [-0.15, -0.1) is 18.2 Å². The molecule has 0 N–H and O–H groups in total. The van der Waals surface area contributed by atoms with Crippen LogP contribution >= 0.6 is 0 Å². The molecule has 0 unspecified atom stereocenters.